The summed E-state index contributed by atoms with van der Waals surface area (Å²) in [6, 6.07) is 5.86. The van der Waals surface area contributed by atoms with Gasteiger partial charge in [-0.15, -0.1) is 0 Å². The lowest BCUT2D eigenvalue weighted by Crippen LogP contribution is -2.34. The van der Waals surface area contributed by atoms with Crippen LogP contribution in [0, 0.1) is 0 Å². The van der Waals surface area contributed by atoms with Gasteiger partial charge in [-0.3, -0.25) is 4.79 Å². The monoisotopic (exact) mass is 275 g/mol. The number of nitrogens with zero attached hydrogens (tertiary/aromatic N) is 1. The fraction of sp³-hybridized carbons (Fsp3) is 0.400. The highest BCUT2D eigenvalue weighted by Gasteiger charge is 2.29. The van der Waals surface area contributed by atoms with E-state index in [-0.39, 0.29) is 11.9 Å². The van der Waals surface area contributed by atoms with Gasteiger partial charge in [-0.1, -0.05) is 12.8 Å². The first-order valence-corrected chi connectivity index (χ1v) is 7.67. The second-order valence-corrected chi connectivity index (χ2v) is 5.67. The molecule has 1 unspecified atom stereocenters. The SMILES string of the molecule is O=C(c1ccsc1)N1CCCCCC1c1ccco1. The number of rotatable bonds is 2. The van der Waals surface area contributed by atoms with E-state index in [2.05, 4.69) is 0 Å². The number of furan rings is 1. The third-order valence-electron chi connectivity index (χ3n) is 3.65. The molecular formula is C15H17NO2S. The zero-order chi connectivity index (χ0) is 13.1. The molecule has 0 aliphatic carbocycles. The predicted octanol–water partition coefficient (Wildman–Crippen LogP) is 4.10. The molecule has 0 aromatic carbocycles. The van der Waals surface area contributed by atoms with Gasteiger partial charge >= 0.3 is 0 Å². The maximum atomic E-state index is 12.6. The van der Waals surface area contributed by atoms with Crippen LogP contribution in [-0.2, 0) is 0 Å². The van der Waals surface area contributed by atoms with Crippen LogP contribution in [0.15, 0.2) is 39.6 Å². The van der Waals surface area contributed by atoms with Crippen molar-refractivity contribution in [1.29, 1.82) is 0 Å². The molecule has 1 aliphatic rings. The fourth-order valence-corrected chi connectivity index (χ4v) is 3.31. The van der Waals surface area contributed by atoms with Gasteiger partial charge in [0.05, 0.1) is 17.9 Å². The molecule has 2 aromatic rings. The molecule has 0 saturated carbocycles. The second-order valence-electron chi connectivity index (χ2n) is 4.89. The lowest BCUT2D eigenvalue weighted by Gasteiger charge is -2.28. The van der Waals surface area contributed by atoms with Crippen molar-refractivity contribution in [2.45, 2.75) is 31.7 Å². The molecule has 0 radical (unpaired) electrons. The van der Waals surface area contributed by atoms with Crippen molar-refractivity contribution in [2.24, 2.45) is 0 Å². The zero-order valence-electron chi connectivity index (χ0n) is 10.7. The summed E-state index contributed by atoms with van der Waals surface area (Å²) in [7, 11) is 0. The van der Waals surface area contributed by atoms with Crippen molar-refractivity contribution >= 4 is 17.2 Å². The molecule has 1 atom stereocenters. The van der Waals surface area contributed by atoms with E-state index in [0.29, 0.717) is 0 Å². The van der Waals surface area contributed by atoms with Crippen LogP contribution in [0.3, 0.4) is 0 Å². The molecule has 1 aliphatic heterocycles. The molecule has 19 heavy (non-hydrogen) atoms. The third-order valence-corrected chi connectivity index (χ3v) is 4.34. The Morgan fingerprint density at radius 2 is 2.26 bits per heavy atom. The average molecular weight is 275 g/mol. The summed E-state index contributed by atoms with van der Waals surface area (Å²) in [5, 5.41) is 3.87. The standard InChI is InChI=1S/C15H17NO2S/c17-15(12-7-10-19-11-12)16-8-3-1-2-5-13(16)14-6-4-9-18-14/h4,6-7,9-11,13H,1-3,5,8H2. The van der Waals surface area contributed by atoms with Crippen LogP contribution in [0.4, 0.5) is 0 Å². The first-order chi connectivity index (χ1) is 9.36. The van der Waals surface area contributed by atoms with Crippen LogP contribution in [-0.4, -0.2) is 17.4 Å². The number of amides is 1. The molecule has 1 amide bonds. The minimum Gasteiger partial charge on any atom is -0.467 e. The number of hydrogen-bond donors (Lipinski definition) is 0. The summed E-state index contributed by atoms with van der Waals surface area (Å²) < 4.78 is 5.54. The topological polar surface area (TPSA) is 33.5 Å². The molecule has 2 aromatic heterocycles. The van der Waals surface area contributed by atoms with E-state index in [9.17, 15) is 4.79 Å². The van der Waals surface area contributed by atoms with Crippen molar-refractivity contribution in [2.75, 3.05) is 6.54 Å². The van der Waals surface area contributed by atoms with Crippen molar-refractivity contribution < 1.29 is 9.21 Å². The summed E-state index contributed by atoms with van der Waals surface area (Å²) >= 11 is 1.56. The molecule has 0 N–H and O–H groups in total. The minimum atomic E-state index is 0.0879. The molecular weight excluding hydrogens is 258 g/mol. The maximum absolute atomic E-state index is 12.6. The lowest BCUT2D eigenvalue weighted by atomic mass is 10.1. The van der Waals surface area contributed by atoms with E-state index < -0.39 is 0 Å². The number of carbonyl (C=O) groups excluding carboxylic acids is 1. The summed E-state index contributed by atoms with van der Waals surface area (Å²) in [6.45, 7) is 0.819. The Morgan fingerprint density at radius 1 is 1.32 bits per heavy atom. The van der Waals surface area contributed by atoms with Gasteiger partial charge < -0.3 is 9.32 Å². The van der Waals surface area contributed by atoms with E-state index in [1.807, 2.05) is 33.9 Å². The number of likely N-dealkylation sites (tertiary alicyclic amines) is 1. The average Bonchev–Trinajstić information content (AvgIpc) is 3.08. The largest absolute Gasteiger partial charge is 0.467 e. The van der Waals surface area contributed by atoms with Gasteiger partial charge in [0.25, 0.3) is 5.91 Å². The Balaban J connectivity index is 1.88. The van der Waals surface area contributed by atoms with Gasteiger partial charge in [0, 0.05) is 11.9 Å². The van der Waals surface area contributed by atoms with Crippen LogP contribution in [0.1, 0.15) is 47.8 Å². The smallest absolute Gasteiger partial charge is 0.255 e. The zero-order valence-corrected chi connectivity index (χ0v) is 11.6. The third kappa shape index (κ3) is 2.59. The molecule has 1 saturated heterocycles. The van der Waals surface area contributed by atoms with Crippen LogP contribution >= 0.6 is 11.3 Å². The molecule has 0 spiro atoms. The summed E-state index contributed by atoms with van der Waals surface area (Å²) in [5.41, 5.74) is 0.795. The first kappa shape index (κ1) is 12.5. The quantitative estimate of drug-likeness (QED) is 0.826. The normalized spacial score (nSPS) is 20.2. The van der Waals surface area contributed by atoms with Gasteiger partial charge in [0.1, 0.15) is 5.76 Å². The lowest BCUT2D eigenvalue weighted by molar-refractivity contribution is 0.0659. The Morgan fingerprint density at radius 3 is 3.00 bits per heavy atom. The maximum Gasteiger partial charge on any atom is 0.255 e. The van der Waals surface area contributed by atoms with Crippen molar-refractivity contribution in [3.05, 3.63) is 46.5 Å². The van der Waals surface area contributed by atoms with Crippen LogP contribution in [0.25, 0.3) is 0 Å². The van der Waals surface area contributed by atoms with E-state index in [1.165, 1.54) is 6.42 Å². The van der Waals surface area contributed by atoms with Crippen LogP contribution < -0.4 is 0 Å². The molecule has 3 heterocycles. The highest BCUT2D eigenvalue weighted by atomic mass is 32.1. The number of thiophene rings is 1. The van der Waals surface area contributed by atoms with Gasteiger partial charge in [0.2, 0.25) is 0 Å². The van der Waals surface area contributed by atoms with Gasteiger partial charge in [-0.25, -0.2) is 0 Å². The van der Waals surface area contributed by atoms with Crippen LogP contribution in [0.2, 0.25) is 0 Å². The first-order valence-electron chi connectivity index (χ1n) is 6.73. The van der Waals surface area contributed by atoms with Gasteiger partial charge in [0.15, 0.2) is 0 Å². The molecule has 4 heteroatoms. The Kier molecular flexibility index (Phi) is 3.69. The highest BCUT2D eigenvalue weighted by Crippen LogP contribution is 2.31. The highest BCUT2D eigenvalue weighted by molar-refractivity contribution is 7.08. The summed E-state index contributed by atoms with van der Waals surface area (Å²) in [6.07, 6.45) is 6.09. The fourth-order valence-electron chi connectivity index (χ4n) is 2.68. The summed E-state index contributed by atoms with van der Waals surface area (Å²) in [5.74, 6) is 1.04. The van der Waals surface area contributed by atoms with Crippen molar-refractivity contribution in [3.8, 4) is 0 Å². The van der Waals surface area contributed by atoms with E-state index in [4.69, 9.17) is 4.42 Å². The van der Waals surface area contributed by atoms with E-state index in [1.54, 1.807) is 17.6 Å². The Hall–Kier alpha value is -1.55. The van der Waals surface area contributed by atoms with Crippen molar-refractivity contribution in [3.63, 3.8) is 0 Å². The Bertz CT molecular complexity index is 518. The number of hydrogen-bond acceptors (Lipinski definition) is 3. The number of carbonyl (C=O) groups is 1. The van der Waals surface area contributed by atoms with E-state index in [0.717, 1.165) is 37.1 Å². The molecule has 1 fully saturated rings. The van der Waals surface area contributed by atoms with E-state index >= 15 is 0 Å². The molecule has 3 rings (SSSR count). The molecule has 100 valence electrons. The Labute approximate surface area is 116 Å². The van der Waals surface area contributed by atoms with Crippen LogP contribution in [0.5, 0.6) is 0 Å². The van der Waals surface area contributed by atoms with Gasteiger partial charge in [-0.05, 0) is 36.4 Å². The second kappa shape index (κ2) is 5.61. The molecule has 0 bridgehead atoms. The predicted molar refractivity (Wildman–Crippen MR) is 75.3 cm³/mol. The molecule has 3 nitrogen and oxygen atoms in total. The summed E-state index contributed by atoms with van der Waals surface area (Å²) in [4.78, 5) is 14.6. The van der Waals surface area contributed by atoms with Gasteiger partial charge in [-0.2, -0.15) is 11.3 Å². The minimum absolute atomic E-state index is 0.0879. The van der Waals surface area contributed by atoms with Crippen molar-refractivity contribution in [1.82, 2.24) is 4.90 Å².